The lowest BCUT2D eigenvalue weighted by atomic mass is 10.1. The molecule has 1 heterocycles. The molecule has 0 aliphatic heterocycles. The molecular weight excluding hydrogens is 313 g/mol. The molecule has 0 bridgehead atoms. The Labute approximate surface area is 135 Å². The van der Waals surface area contributed by atoms with Crippen molar-refractivity contribution in [1.29, 1.82) is 0 Å². The van der Waals surface area contributed by atoms with Crippen LogP contribution in [0.15, 0.2) is 36.9 Å². The summed E-state index contributed by atoms with van der Waals surface area (Å²) < 4.78 is 1.74. The van der Waals surface area contributed by atoms with Gasteiger partial charge < -0.3 is 11.1 Å². The monoisotopic (exact) mass is 331 g/mol. The first-order valence-electron chi connectivity index (χ1n) is 6.11. The summed E-state index contributed by atoms with van der Waals surface area (Å²) in [5, 5.41) is 6.86. The molecule has 21 heavy (non-hydrogen) atoms. The van der Waals surface area contributed by atoms with Crippen molar-refractivity contribution in [3.63, 3.8) is 0 Å². The zero-order chi connectivity index (χ0) is 13.7. The molecule has 0 aliphatic carbocycles. The van der Waals surface area contributed by atoms with E-state index in [0.29, 0.717) is 13.1 Å². The highest BCUT2D eigenvalue weighted by atomic mass is 35.5. The summed E-state index contributed by atoms with van der Waals surface area (Å²) >= 11 is 0. The van der Waals surface area contributed by atoms with Crippen molar-refractivity contribution in [3.8, 4) is 0 Å². The molecule has 0 saturated carbocycles. The predicted octanol–water partition coefficient (Wildman–Crippen LogP) is 1.70. The van der Waals surface area contributed by atoms with E-state index in [-0.39, 0.29) is 36.6 Å². The number of hydrogen-bond donors (Lipinski definition) is 2. The lowest BCUT2D eigenvalue weighted by Crippen LogP contribution is -2.26. The number of anilines is 1. The number of amides is 1. The van der Waals surface area contributed by atoms with Gasteiger partial charge in [-0.05, 0) is 17.7 Å². The van der Waals surface area contributed by atoms with Crippen molar-refractivity contribution in [1.82, 2.24) is 14.8 Å². The third-order valence-electron chi connectivity index (χ3n) is 2.83. The molecule has 116 valence electrons. The van der Waals surface area contributed by atoms with E-state index in [9.17, 15) is 4.79 Å². The summed E-state index contributed by atoms with van der Waals surface area (Å²) in [7, 11) is 0. The molecule has 1 unspecified atom stereocenters. The molecule has 0 fully saturated rings. The summed E-state index contributed by atoms with van der Waals surface area (Å²) in [4.78, 5) is 15.6. The van der Waals surface area contributed by atoms with E-state index in [4.69, 9.17) is 5.73 Å². The maximum Gasteiger partial charge on any atom is 0.228 e. The first-order chi connectivity index (χ1) is 9.19. The van der Waals surface area contributed by atoms with E-state index in [1.165, 1.54) is 6.33 Å². The average Bonchev–Trinajstić information content (AvgIpc) is 2.93. The van der Waals surface area contributed by atoms with Gasteiger partial charge in [-0.3, -0.25) is 4.79 Å². The number of aromatic nitrogens is 3. The van der Waals surface area contributed by atoms with Gasteiger partial charge in [0.2, 0.25) is 5.91 Å². The number of nitrogens with zero attached hydrogens (tertiary/aromatic N) is 3. The number of carbonyl (C=O) groups is 1. The maximum atomic E-state index is 11.7. The molecule has 0 spiro atoms. The van der Waals surface area contributed by atoms with E-state index in [1.54, 1.807) is 17.9 Å². The molecule has 1 atom stereocenters. The Morgan fingerprint density at radius 2 is 2.00 bits per heavy atom. The molecule has 2 rings (SSSR count). The molecule has 1 aromatic heterocycles. The summed E-state index contributed by atoms with van der Waals surface area (Å²) in [6, 6.07) is 7.63. The van der Waals surface area contributed by atoms with Crippen molar-refractivity contribution >= 4 is 36.4 Å². The van der Waals surface area contributed by atoms with Gasteiger partial charge in [-0.2, -0.15) is 5.10 Å². The van der Waals surface area contributed by atoms with Gasteiger partial charge in [-0.15, -0.1) is 24.8 Å². The SMILES string of the molecule is CC(CN)C(=O)Nc1ccc(Cn2cncn2)cc1.Cl.Cl. The predicted molar refractivity (Wildman–Crippen MR) is 86.9 cm³/mol. The first-order valence-corrected chi connectivity index (χ1v) is 6.11. The quantitative estimate of drug-likeness (QED) is 0.873. The molecule has 0 saturated heterocycles. The molecule has 3 N–H and O–H groups in total. The normalized spacial score (nSPS) is 11.0. The van der Waals surface area contributed by atoms with Gasteiger partial charge in [0, 0.05) is 18.2 Å². The minimum absolute atomic E-state index is 0. The van der Waals surface area contributed by atoms with Crippen molar-refractivity contribution in [2.45, 2.75) is 13.5 Å². The summed E-state index contributed by atoms with van der Waals surface area (Å²) in [5.41, 5.74) is 7.31. The molecule has 8 heteroatoms. The second-order valence-corrected chi connectivity index (χ2v) is 4.42. The number of carbonyl (C=O) groups excluding carboxylic acids is 1. The Kier molecular flexibility index (Phi) is 8.61. The Bertz CT molecular complexity index is 530. The lowest BCUT2D eigenvalue weighted by Gasteiger charge is -2.10. The van der Waals surface area contributed by atoms with Gasteiger partial charge in [-0.1, -0.05) is 19.1 Å². The third kappa shape index (κ3) is 5.71. The standard InChI is InChI=1S/C13H17N5O.2ClH/c1-10(6-14)13(19)17-12-4-2-11(3-5-12)7-18-9-15-8-16-18;;/h2-5,8-10H,6-7,14H2,1H3,(H,17,19);2*1H. The van der Waals surface area contributed by atoms with Crippen LogP contribution in [0.1, 0.15) is 12.5 Å². The van der Waals surface area contributed by atoms with Gasteiger partial charge in [0.15, 0.2) is 0 Å². The van der Waals surface area contributed by atoms with E-state index in [1.807, 2.05) is 24.3 Å². The van der Waals surface area contributed by atoms with Gasteiger partial charge in [-0.25, -0.2) is 9.67 Å². The van der Waals surface area contributed by atoms with Crippen LogP contribution in [0.3, 0.4) is 0 Å². The van der Waals surface area contributed by atoms with E-state index < -0.39 is 0 Å². The fourth-order valence-electron chi connectivity index (χ4n) is 1.57. The van der Waals surface area contributed by atoms with Crippen LogP contribution in [-0.2, 0) is 11.3 Å². The Hall–Kier alpha value is -1.63. The molecule has 0 radical (unpaired) electrons. The Balaban J connectivity index is 0.00000200. The van der Waals surface area contributed by atoms with Gasteiger partial charge in [0.25, 0.3) is 0 Å². The van der Waals surface area contributed by atoms with E-state index in [0.717, 1.165) is 11.3 Å². The van der Waals surface area contributed by atoms with Gasteiger partial charge in [0.1, 0.15) is 12.7 Å². The third-order valence-corrected chi connectivity index (χ3v) is 2.83. The second-order valence-electron chi connectivity index (χ2n) is 4.42. The lowest BCUT2D eigenvalue weighted by molar-refractivity contribution is -0.119. The number of nitrogens with one attached hydrogen (secondary N) is 1. The summed E-state index contributed by atoms with van der Waals surface area (Å²) in [6.07, 6.45) is 3.17. The fourth-order valence-corrected chi connectivity index (χ4v) is 1.57. The van der Waals surface area contributed by atoms with Gasteiger partial charge >= 0.3 is 0 Å². The summed E-state index contributed by atoms with van der Waals surface area (Å²) in [5.74, 6) is -0.249. The summed E-state index contributed by atoms with van der Waals surface area (Å²) in [6.45, 7) is 2.80. The van der Waals surface area contributed by atoms with Crippen molar-refractivity contribution in [2.24, 2.45) is 11.7 Å². The van der Waals surface area contributed by atoms with Crippen LogP contribution in [0, 0.1) is 5.92 Å². The number of halogens is 2. The number of nitrogens with two attached hydrogens (primary N) is 1. The Morgan fingerprint density at radius 1 is 1.33 bits per heavy atom. The first kappa shape index (κ1) is 19.4. The molecule has 1 aromatic carbocycles. The molecule has 0 aliphatic rings. The van der Waals surface area contributed by atoms with Crippen molar-refractivity contribution < 1.29 is 4.79 Å². The van der Waals surface area contributed by atoms with E-state index in [2.05, 4.69) is 15.4 Å². The highest BCUT2D eigenvalue weighted by molar-refractivity contribution is 5.92. The number of hydrogen-bond acceptors (Lipinski definition) is 4. The van der Waals surface area contributed by atoms with Crippen LogP contribution in [0.2, 0.25) is 0 Å². The number of benzene rings is 1. The second kappa shape index (κ2) is 9.33. The van der Waals surface area contributed by atoms with Crippen LogP contribution in [0.4, 0.5) is 5.69 Å². The van der Waals surface area contributed by atoms with Crippen molar-refractivity contribution in [3.05, 3.63) is 42.5 Å². The molecular formula is C13H19Cl2N5O. The van der Waals surface area contributed by atoms with Gasteiger partial charge in [0.05, 0.1) is 6.54 Å². The van der Waals surface area contributed by atoms with Crippen LogP contribution in [0.5, 0.6) is 0 Å². The average molecular weight is 332 g/mol. The highest BCUT2D eigenvalue weighted by Gasteiger charge is 2.10. The molecule has 2 aromatic rings. The zero-order valence-corrected chi connectivity index (χ0v) is 13.2. The largest absolute Gasteiger partial charge is 0.330 e. The Morgan fingerprint density at radius 3 is 2.52 bits per heavy atom. The zero-order valence-electron chi connectivity index (χ0n) is 11.6. The minimum Gasteiger partial charge on any atom is -0.330 e. The number of rotatable bonds is 5. The van der Waals surface area contributed by atoms with Crippen LogP contribution < -0.4 is 11.1 Å². The maximum absolute atomic E-state index is 11.7. The van der Waals surface area contributed by atoms with Crippen LogP contribution in [-0.4, -0.2) is 27.2 Å². The molecule has 6 nitrogen and oxygen atoms in total. The fraction of sp³-hybridized carbons (Fsp3) is 0.308. The van der Waals surface area contributed by atoms with Crippen molar-refractivity contribution in [2.75, 3.05) is 11.9 Å². The van der Waals surface area contributed by atoms with E-state index >= 15 is 0 Å². The minimum atomic E-state index is -0.185. The smallest absolute Gasteiger partial charge is 0.228 e. The van der Waals surface area contributed by atoms with Crippen LogP contribution in [0.25, 0.3) is 0 Å². The topological polar surface area (TPSA) is 85.8 Å². The highest BCUT2D eigenvalue weighted by Crippen LogP contribution is 2.11. The molecule has 1 amide bonds. The van der Waals surface area contributed by atoms with Crippen LogP contribution >= 0.6 is 24.8 Å².